The summed E-state index contributed by atoms with van der Waals surface area (Å²) in [5, 5.41) is 3.29. The Morgan fingerprint density at radius 2 is 2.07 bits per heavy atom. The van der Waals surface area contributed by atoms with Gasteiger partial charge >= 0.3 is 0 Å². The minimum Gasteiger partial charge on any atom is -0.383 e. The van der Waals surface area contributed by atoms with Gasteiger partial charge in [0.05, 0.1) is 0 Å². The van der Waals surface area contributed by atoms with Gasteiger partial charge in [0.25, 0.3) is 0 Å². The molecule has 0 saturated carbocycles. The normalized spacial score (nSPS) is 14.8. The lowest BCUT2D eigenvalue weighted by Gasteiger charge is -2.19. The summed E-state index contributed by atoms with van der Waals surface area (Å²) in [5.41, 5.74) is 7.08. The summed E-state index contributed by atoms with van der Waals surface area (Å²) in [5.74, 6) is 0.560. The van der Waals surface area contributed by atoms with Crippen LogP contribution in [0.1, 0.15) is 20.3 Å². The lowest BCUT2D eigenvalue weighted by Crippen LogP contribution is -2.35. The highest BCUT2D eigenvalue weighted by Crippen LogP contribution is 2.08. The number of nitrogens with two attached hydrogens (primary N) is 1. The first kappa shape index (κ1) is 11.0. The van der Waals surface area contributed by atoms with Crippen molar-refractivity contribution in [1.82, 2.24) is 4.98 Å². The third-order valence-corrected chi connectivity index (χ3v) is 2.60. The zero-order chi connectivity index (χ0) is 10.4. The van der Waals surface area contributed by atoms with Crippen molar-refractivity contribution in [2.75, 3.05) is 11.9 Å². The first-order valence-electron chi connectivity index (χ1n) is 5.13. The molecule has 0 aliphatic rings. The smallest absolute Gasteiger partial charge is 0.0371 e. The summed E-state index contributed by atoms with van der Waals surface area (Å²) in [6.45, 7) is 5.16. The maximum absolute atomic E-state index is 6.00. The number of aromatic nitrogens is 1. The molecule has 14 heavy (non-hydrogen) atoms. The Kier molecular flexibility index (Phi) is 4.40. The minimum atomic E-state index is 0.216. The number of hydrogen-bond donors (Lipinski definition) is 2. The topological polar surface area (TPSA) is 50.9 Å². The molecule has 0 radical (unpaired) electrons. The number of hydrogen-bond acceptors (Lipinski definition) is 3. The van der Waals surface area contributed by atoms with Crippen LogP contribution in [0.2, 0.25) is 0 Å². The van der Waals surface area contributed by atoms with E-state index in [1.807, 2.05) is 12.1 Å². The van der Waals surface area contributed by atoms with E-state index in [0.29, 0.717) is 5.92 Å². The quantitative estimate of drug-likeness (QED) is 0.750. The highest BCUT2D eigenvalue weighted by atomic mass is 14.9. The van der Waals surface area contributed by atoms with Gasteiger partial charge in [0, 0.05) is 30.7 Å². The lowest BCUT2D eigenvalue weighted by atomic mass is 10.0. The minimum absolute atomic E-state index is 0.216. The average molecular weight is 193 g/mol. The molecule has 0 aliphatic heterocycles. The maximum atomic E-state index is 6.00. The third kappa shape index (κ3) is 3.34. The van der Waals surface area contributed by atoms with Crippen molar-refractivity contribution in [3.05, 3.63) is 24.5 Å². The van der Waals surface area contributed by atoms with Crippen molar-refractivity contribution < 1.29 is 0 Å². The predicted molar refractivity (Wildman–Crippen MR) is 60.2 cm³/mol. The molecule has 0 aliphatic carbocycles. The molecule has 0 spiro atoms. The van der Waals surface area contributed by atoms with E-state index in [1.54, 1.807) is 12.4 Å². The van der Waals surface area contributed by atoms with Crippen molar-refractivity contribution in [3.63, 3.8) is 0 Å². The maximum Gasteiger partial charge on any atom is 0.0371 e. The standard InChI is InChI=1S/C11H19N3/c1-3-9(2)11(12)8-14-10-4-6-13-7-5-10/h4-7,9,11H,3,8,12H2,1-2H3,(H,13,14). The van der Waals surface area contributed by atoms with Gasteiger partial charge in [0.1, 0.15) is 0 Å². The van der Waals surface area contributed by atoms with E-state index >= 15 is 0 Å². The predicted octanol–water partition coefficient (Wildman–Crippen LogP) is 1.87. The summed E-state index contributed by atoms with van der Waals surface area (Å²) in [6.07, 6.45) is 4.67. The fraction of sp³-hybridized carbons (Fsp3) is 0.545. The molecule has 0 amide bonds. The summed E-state index contributed by atoms with van der Waals surface area (Å²) >= 11 is 0. The molecule has 1 heterocycles. The van der Waals surface area contributed by atoms with Gasteiger partial charge < -0.3 is 11.1 Å². The molecule has 3 N–H and O–H groups in total. The molecule has 0 aromatic carbocycles. The van der Waals surface area contributed by atoms with Crippen molar-refractivity contribution in [1.29, 1.82) is 0 Å². The first-order chi connectivity index (χ1) is 6.74. The Hall–Kier alpha value is -1.09. The van der Waals surface area contributed by atoms with E-state index in [1.165, 1.54) is 0 Å². The van der Waals surface area contributed by atoms with Crippen LogP contribution in [0.3, 0.4) is 0 Å². The van der Waals surface area contributed by atoms with Crippen LogP contribution in [0.15, 0.2) is 24.5 Å². The second-order valence-corrected chi connectivity index (χ2v) is 3.67. The third-order valence-electron chi connectivity index (χ3n) is 2.60. The van der Waals surface area contributed by atoms with Crippen LogP contribution in [0.25, 0.3) is 0 Å². The first-order valence-corrected chi connectivity index (χ1v) is 5.13. The van der Waals surface area contributed by atoms with Crippen LogP contribution in [0.4, 0.5) is 5.69 Å². The van der Waals surface area contributed by atoms with Crippen LogP contribution < -0.4 is 11.1 Å². The van der Waals surface area contributed by atoms with Gasteiger partial charge in [-0.25, -0.2) is 0 Å². The SMILES string of the molecule is CCC(C)C(N)CNc1ccncc1. The van der Waals surface area contributed by atoms with Crippen LogP contribution in [0, 0.1) is 5.92 Å². The molecule has 0 saturated heterocycles. The lowest BCUT2D eigenvalue weighted by molar-refractivity contribution is 0.457. The Morgan fingerprint density at radius 3 is 2.64 bits per heavy atom. The molecule has 2 unspecified atom stereocenters. The molecule has 0 bridgehead atoms. The van der Waals surface area contributed by atoms with E-state index in [-0.39, 0.29) is 6.04 Å². The molecule has 3 heteroatoms. The van der Waals surface area contributed by atoms with Gasteiger partial charge in [-0.05, 0) is 18.1 Å². The molecular weight excluding hydrogens is 174 g/mol. The molecule has 2 atom stereocenters. The Balaban J connectivity index is 2.34. The van der Waals surface area contributed by atoms with Crippen LogP contribution in [-0.2, 0) is 0 Å². The second-order valence-electron chi connectivity index (χ2n) is 3.67. The van der Waals surface area contributed by atoms with Crippen molar-refractivity contribution in [2.45, 2.75) is 26.3 Å². The number of anilines is 1. The summed E-state index contributed by atoms with van der Waals surface area (Å²) in [7, 11) is 0. The van der Waals surface area contributed by atoms with E-state index < -0.39 is 0 Å². The number of nitrogens with zero attached hydrogens (tertiary/aromatic N) is 1. The monoisotopic (exact) mass is 193 g/mol. The molecule has 0 fully saturated rings. The summed E-state index contributed by atoms with van der Waals surface area (Å²) in [6, 6.07) is 4.11. The zero-order valence-corrected chi connectivity index (χ0v) is 8.90. The van der Waals surface area contributed by atoms with E-state index in [4.69, 9.17) is 5.73 Å². The number of nitrogens with one attached hydrogen (secondary N) is 1. The Bertz CT molecular complexity index is 248. The van der Waals surface area contributed by atoms with Gasteiger partial charge in [-0.15, -0.1) is 0 Å². The molecule has 1 aromatic heterocycles. The zero-order valence-electron chi connectivity index (χ0n) is 8.90. The fourth-order valence-electron chi connectivity index (χ4n) is 1.21. The molecule has 3 nitrogen and oxygen atoms in total. The number of rotatable bonds is 5. The van der Waals surface area contributed by atoms with E-state index in [0.717, 1.165) is 18.7 Å². The summed E-state index contributed by atoms with van der Waals surface area (Å²) in [4.78, 5) is 3.95. The highest BCUT2D eigenvalue weighted by Gasteiger charge is 2.09. The molecule has 1 rings (SSSR count). The van der Waals surface area contributed by atoms with E-state index in [2.05, 4.69) is 24.1 Å². The van der Waals surface area contributed by atoms with Crippen LogP contribution in [0.5, 0.6) is 0 Å². The van der Waals surface area contributed by atoms with Gasteiger partial charge in [-0.2, -0.15) is 0 Å². The van der Waals surface area contributed by atoms with Crippen molar-refractivity contribution in [2.24, 2.45) is 11.7 Å². The van der Waals surface area contributed by atoms with Gasteiger partial charge in [-0.3, -0.25) is 4.98 Å². The van der Waals surface area contributed by atoms with Gasteiger partial charge in [-0.1, -0.05) is 20.3 Å². The van der Waals surface area contributed by atoms with Gasteiger partial charge in [0.2, 0.25) is 0 Å². The van der Waals surface area contributed by atoms with Crippen molar-refractivity contribution in [3.8, 4) is 0 Å². The van der Waals surface area contributed by atoms with Gasteiger partial charge in [0.15, 0.2) is 0 Å². The van der Waals surface area contributed by atoms with Crippen LogP contribution in [-0.4, -0.2) is 17.6 Å². The molecule has 78 valence electrons. The van der Waals surface area contributed by atoms with Crippen LogP contribution >= 0.6 is 0 Å². The summed E-state index contributed by atoms with van der Waals surface area (Å²) < 4.78 is 0. The average Bonchev–Trinajstić information content (AvgIpc) is 2.26. The molecular formula is C11H19N3. The Labute approximate surface area is 85.7 Å². The second kappa shape index (κ2) is 5.60. The largest absolute Gasteiger partial charge is 0.383 e. The highest BCUT2D eigenvalue weighted by molar-refractivity contribution is 5.40. The Morgan fingerprint density at radius 1 is 1.43 bits per heavy atom. The van der Waals surface area contributed by atoms with Crippen molar-refractivity contribution >= 4 is 5.69 Å². The molecule has 1 aromatic rings. The number of pyridine rings is 1. The fourth-order valence-corrected chi connectivity index (χ4v) is 1.21. The van der Waals surface area contributed by atoms with E-state index in [9.17, 15) is 0 Å².